The molecule has 2 aromatic carbocycles. The van der Waals surface area contributed by atoms with Crippen LogP contribution >= 0.6 is 11.3 Å². The van der Waals surface area contributed by atoms with Crippen LogP contribution in [0.15, 0.2) is 60.0 Å². The second kappa shape index (κ2) is 14.8. The lowest BCUT2D eigenvalue weighted by Gasteiger charge is -2.62. The van der Waals surface area contributed by atoms with E-state index in [1.165, 1.54) is 11.3 Å². The van der Waals surface area contributed by atoms with Gasteiger partial charge in [-0.2, -0.15) is 5.06 Å². The van der Waals surface area contributed by atoms with Gasteiger partial charge in [0.05, 0.1) is 19.3 Å². The number of hydroxylamine groups is 2. The Bertz CT molecular complexity index is 1660. The quantitative estimate of drug-likeness (QED) is 0.197. The van der Waals surface area contributed by atoms with Gasteiger partial charge >= 0.3 is 0 Å². The lowest BCUT2D eigenvalue weighted by atomic mass is 9.45. The summed E-state index contributed by atoms with van der Waals surface area (Å²) in [7, 11) is 3.92. The highest BCUT2D eigenvalue weighted by atomic mass is 32.1. The van der Waals surface area contributed by atoms with E-state index in [2.05, 4.69) is 49.6 Å². The predicted molar refractivity (Wildman–Crippen MR) is 199 cm³/mol. The highest BCUT2D eigenvalue weighted by molar-refractivity contribution is 7.09. The number of hydrogen-bond donors (Lipinski definition) is 4. The van der Waals surface area contributed by atoms with Gasteiger partial charge in [0, 0.05) is 54.6 Å². The van der Waals surface area contributed by atoms with E-state index in [0.29, 0.717) is 28.7 Å². The van der Waals surface area contributed by atoms with E-state index in [-0.39, 0.29) is 37.0 Å². The fourth-order valence-corrected chi connectivity index (χ4v) is 9.60. The fraction of sp³-hybridized carbons (Fsp3) is 0.550. The van der Waals surface area contributed by atoms with Gasteiger partial charge < -0.3 is 25.7 Å². The molecular formula is C40H54N4O5S. The Morgan fingerprint density at radius 2 is 1.86 bits per heavy atom. The van der Waals surface area contributed by atoms with Crippen molar-refractivity contribution in [3.05, 3.63) is 76.0 Å². The monoisotopic (exact) mass is 702 g/mol. The summed E-state index contributed by atoms with van der Waals surface area (Å²) in [5.41, 5.74) is 4.52. The Hall–Kier alpha value is -3.28. The average molecular weight is 703 g/mol. The number of carbonyl (C=O) groups excluding carboxylic acids is 2. The van der Waals surface area contributed by atoms with Crippen LogP contribution in [-0.2, 0) is 22.6 Å². The third-order valence-corrected chi connectivity index (χ3v) is 12.7. The molecule has 1 aromatic heterocycles. The van der Waals surface area contributed by atoms with E-state index in [4.69, 9.17) is 4.84 Å². The molecule has 3 aromatic rings. The van der Waals surface area contributed by atoms with Gasteiger partial charge in [0.2, 0.25) is 5.91 Å². The first-order chi connectivity index (χ1) is 23.8. The van der Waals surface area contributed by atoms with Gasteiger partial charge in [-0.1, -0.05) is 45.0 Å². The Balaban J connectivity index is 1.22. The molecular weight excluding hydrogens is 649 g/mol. The SMILES string of the molecule is C[C@@H]1[C@@H](NC(=O)[C@@H]2[C@H]([C@H](C)O)[C@H](CO)ON2Cc2cccc(-c3cc(C(=O)N[C@H](C)Cc4cccs4)cc(N(C)C)c3)c2)C[C@@H]2C[C@H]1C2(C)C. The molecule has 7 rings (SSSR count). The number of nitrogens with zero attached hydrogens (tertiary/aromatic N) is 2. The molecule has 4 aliphatic rings. The van der Waals surface area contributed by atoms with E-state index in [0.717, 1.165) is 35.2 Å². The topological polar surface area (TPSA) is 114 Å². The molecule has 3 aliphatic carbocycles. The third-order valence-electron chi connectivity index (χ3n) is 11.8. The van der Waals surface area contributed by atoms with Crippen LogP contribution in [0.2, 0.25) is 0 Å². The van der Waals surface area contributed by atoms with Crippen molar-refractivity contribution in [1.29, 1.82) is 0 Å². The number of fused-ring (bicyclic) bond motifs is 2. The maximum atomic E-state index is 14.1. The van der Waals surface area contributed by atoms with Gasteiger partial charge in [0.1, 0.15) is 12.1 Å². The summed E-state index contributed by atoms with van der Waals surface area (Å²) in [6, 6.07) is 17.3. The van der Waals surface area contributed by atoms with Crippen LogP contribution in [0, 0.1) is 29.1 Å². The fourth-order valence-electron chi connectivity index (χ4n) is 8.77. The molecule has 0 unspecified atom stereocenters. The zero-order valence-electron chi connectivity index (χ0n) is 30.4. The zero-order chi connectivity index (χ0) is 35.9. The summed E-state index contributed by atoms with van der Waals surface area (Å²) < 4.78 is 0. The number of aliphatic hydroxyl groups is 2. The van der Waals surface area contributed by atoms with Crippen LogP contribution in [0.25, 0.3) is 11.1 Å². The number of aliphatic hydroxyl groups excluding tert-OH is 2. The van der Waals surface area contributed by atoms with Crippen molar-refractivity contribution in [3.8, 4) is 11.1 Å². The molecule has 0 radical (unpaired) electrons. The molecule has 2 bridgehead atoms. The van der Waals surface area contributed by atoms with E-state index < -0.39 is 24.2 Å². The largest absolute Gasteiger partial charge is 0.394 e. The van der Waals surface area contributed by atoms with Crippen molar-refractivity contribution < 1.29 is 24.6 Å². The molecule has 9 nitrogen and oxygen atoms in total. The lowest BCUT2D eigenvalue weighted by molar-refractivity contribution is -0.183. The summed E-state index contributed by atoms with van der Waals surface area (Å²) in [6.45, 7) is 10.6. The summed E-state index contributed by atoms with van der Waals surface area (Å²) >= 11 is 1.69. The van der Waals surface area contributed by atoms with Crippen molar-refractivity contribution >= 4 is 28.8 Å². The minimum atomic E-state index is -0.860. The summed E-state index contributed by atoms with van der Waals surface area (Å²) in [5.74, 6) is 0.656. The molecule has 2 amide bonds. The van der Waals surface area contributed by atoms with E-state index in [1.54, 1.807) is 23.3 Å². The van der Waals surface area contributed by atoms with Crippen LogP contribution in [-0.4, -0.2) is 78.1 Å². The molecule has 1 aliphatic heterocycles. The Morgan fingerprint density at radius 1 is 1.08 bits per heavy atom. The first kappa shape index (κ1) is 36.5. The first-order valence-electron chi connectivity index (χ1n) is 18.0. The van der Waals surface area contributed by atoms with Gasteiger partial charge in [0.15, 0.2) is 0 Å². The molecule has 2 heterocycles. The maximum absolute atomic E-state index is 14.1. The number of anilines is 1. The van der Waals surface area contributed by atoms with Crippen LogP contribution in [0.4, 0.5) is 5.69 Å². The zero-order valence-corrected chi connectivity index (χ0v) is 31.2. The van der Waals surface area contributed by atoms with Crippen LogP contribution in [0.5, 0.6) is 0 Å². The van der Waals surface area contributed by atoms with E-state index in [1.807, 2.05) is 67.7 Å². The van der Waals surface area contributed by atoms with Crippen molar-refractivity contribution in [2.45, 2.75) is 90.8 Å². The summed E-state index contributed by atoms with van der Waals surface area (Å²) in [4.78, 5) is 37.0. The maximum Gasteiger partial charge on any atom is 0.251 e. The number of nitrogens with one attached hydrogen (secondary N) is 2. The molecule has 4 N–H and O–H groups in total. The highest BCUT2D eigenvalue weighted by Gasteiger charge is 2.57. The summed E-state index contributed by atoms with van der Waals surface area (Å²) in [6.07, 6.45) is 1.38. The normalized spacial score (nSPS) is 28.4. The van der Waals surface area contributed by atoms with Gasteiger partial charge in [-0.05, 0) is 102 Å². The lowest BCUT2D eigenvalue weighted by Crippen LogP contribution is -2.62. The van der Waals surface area contributed by atoms with Gasteiger partial charge in [-0.15, -0.1) is 11.3 Å². The molecule has 1 saturated heterocycles. The second-order valence-electron chi connectivity index (χ2n) is 15.8. The molecule has 3 saturated carbocycles. The number of rotatable bonds is 12. The van der Waals surface area contributed by atoms with Gasteiger partial charge in [0.25, 0.3) is 5.91 Å². The molecule has 4 fully saturated rings. The number of thiophene rings is 1. The highest BCUT2D eigenvalue weighted by Crippen LogP contribution is 2.61. The van der Waals surface area contributed by atoms with Gasteiger partial charge in [-0.3, -0.25) is 14.4 Å². The van der Waals surface area contributed by atoms with Crippen molar-refractivity contribution in [2.75, 3.05) is 25.6 Å². The Kier molecular flexibility index (Phi) is 10.8. The number of benzene rings is 2. The van der Waals surface area contributed by atoms with Crippen molar-refractivity contribution in [2.24, 2.45) is 29.1 Å². The molecule has 0 spiro atoms. The minimum absolute atomic E-state index is 0.0198. The number of hydrogen-bond acceptors (Lipinski definition) is 8. The van der Waals surface area contributed by atoms with Crippen LogP contribution in [0.1, 0.15) is 68.3 Å². The summed E-state index contributed by atoms with van der Waals surface area (Å²) in [5, 5.41) is 31.3. The average Bonchev–Trinajstić information content (AvgIpc) is 3.72. The Morgan fingerprint density at radius 3 is 2.50 bits per heavy atom. The van der Waals surface area contributed by atoms with Crippen molar-refractivity contribution in [3.63, 3.8) is 0 Å². The van der Waals surface area contributed by atoms with E-state index >= 15 is 0 Å². The third kappa shape index (κ3) is 7.37. The second-order valence-corrected chi connectivity index (χ2v) is 16.8. The Labute approximate surface area is 301 Å². The standard InChI is InChI=1S/C40H54N4O5S/c1-23(14-32-12-9-13-50-32)41-38(47)29-16-28(17-31(18-29)43(6)7)27-11-8-10-26(15-27)21-44-37(36(25(3)46)35(22-45)49-44)39(48)42-34-20-30-19-33(24(34)2)40(30,4)5/h8-13,15-18,23-25,30,33-37,45-46H,14,19-22H2,1-7H3,(H,41,47)(H,42,48)/t23-,24+,25+,30+,33-,34+,35+,36-,37+/m1/s1. The number of amides is 2. The predicted octanol–water partition coefficient (Wildman–Crippen LogP) is 5.50. The number of carbonyl (C=O) groups is 2. The molecule has 50 heavy (non-hydrogen) atoms. The molecule has 270 valence electrons. The smallest absolute Gasteiger partial charge is 0.251 e. The minimum Gasteiger partial charge on any atom is -0.394 e. The molecule has 9 atom stereocenters. The first-order valence-corrected chi connectivity index (χ1v) is 18.9. The van der Waals surface area contributed by atoms with Crippen molar-refractivity contribution in [1.82, 2.24) is 15.7 Å². The van der Waals surface area contributed by atoms with Crippen LogP contribution < -0.4 is 15.5 Å². The van der Waals surface area contributed by atoms with E-state index in [9.17, 15) is 19.8 Å². The molecule has 10 heteroatoms. The van der Waals surface area contributed by atoms with Crippen LogP contribution in [0.3, 0.4) is 0 Å². The van der Waals surface area contributed by atoms with Gasteiger partial charge in [-0.25, -0.2) is 0 Å².